The molecule has 2 amide bonds. The number of benzene rings is 6. The molecule has 0 unspecified atom stereocenters. The number of hydrogen-bond donors (Lipinski definition) is 3. The van der Waals surface area contributed by atoms with Gasteiger partial charge in [-0.2, -0.15) is 13.2 Å². The van der Waals surface area contributed by atoms with Gasteiger partial charge in [0.25, 0.3) is 0 Å². The molecule has 9 nitrogen and oxygen atoms in total. The van der Waals surface area contributed by atoms with E-state index in [9.17, 15) is 32.7 Å². The van der Waals surface area contributed by atoms with Gasteiger partial charge in [-0.05, 0) is 99.6 Å². The molecular weight excluding hydrogens is 888 g/mol. The van der Waals surface area contributed by atoms with Crippen LogP contribution in [0.2, 0.25) is 0 Å². The molecular formula is C58H62F3N5O4. The van der Waals surface area contributed by atoms with E-state index in [2.05, 4.69) is 56.8 Å². The lowest BCUT2D eigenvalue weighted by Gasteiger charge is -2.35. The molecule has 2 heterocycles. The predicted molar refractivity (Wildman–Crippen MR) is 270 cm³/mol. The summed E-state index contributed by atoms with van der Waals surface area (Å²) >= 11 is 0. The second kappa shape index (κ2) is 21.3. The van der Waals surface area contributed by atoms with Crippen LogP contribution >= 0.6 is 0 Å². The molecule has 0 bridgehead atoms. The summed E-state index contributed by atoms with van der Waals surface area (Å²) in [6, 6.07) is 45.4. The third kappa shape index (κ3) is 10.1. The van der Waals surface area contributed by atoms with Gasteiger partial charge in [-0.3, -0.25) is 19.3 Å². The molecule has 3 N–H and O–H groups in total. The first-order valence-corrected chi connectivity index (χ1v) is 24.9. The largest absolute Gasteiger partial charge is 0.480 e. The lowest BCUT2D eigenvalue weighted by Crippen LogP contribution is -2.49. The zero-order valence-corrected chi connectivity index (χ0v) is 39.7. The minimum Gasteiger partial charge on any atom is -0.480 e. The monoisotopic (exact) mass is 949 g/mol. The van der Waals surface area contributed by atoms with E-state index in [0.29, 0.717) is 38.8 Å². The Morgan fingerprint density at radius 1 is 0.557 bits per heavy atom. The Bertz CT molecular complexity index is 2720. The number of alkyl halides is 3. The Balaban J connectivity index is 0.000000198. The van der Waals surface area contributed by atoms with Crippen molar-refractivity contribution < 1.29 is 32.7 Å². The molecule has 2 saturated heterocycles. The Hall–Kier alpha value is -6.34. The topological polar surface area (TPSA) is 105 Å². The maximum absolute atomic E-state index is 13.7. The second-order valence-corrected chi connectivity index (χ2v) is 19.2. The van der Waals surface area contributed by atoms with Crippen LogP contribution in [0.1, 0.15) is 66.3 Å². The zero-order chi connectivity index (χ0) is 48.7. The minimum atomic E-state index is -4.49. The summed E-state index contributed by atoms with van der Waals surface area (Å²) in [4.78, 5) is 46.0. The van der Waals surface area contributed by atoms with Crippen molar-refractivity contribution in [2.75, 3.05) is 72.0 Å². The first-order valence-electron chi connectivity index (χ1n) is 24.9. The molecule has 0 atom stereocenters. The number of halogens is 3. The number of unbranched alkanes of at least 4 members (excludes halogenated alkanes) is 2. The van der Waals surface area contributed by atoms with Gasteiger partial charge in [-0.25, -0.2) is 0 Å². The van der Waals surface area contributed by atoms with Gasteiger partial charge < -0.3 is 25.5 Å². The normalized spacial score (nSPS) is 16.9. The summed E-state index contributed by atoms with van der Waals surface area (Å²) in [6.45, 7) is 7.66. The van der Waals surface area contributed by atoms with E-state index in [0.717, 1.165) is 132 Å². The zero-order valence-electron chi connectivity index (χ0n) is 39.7. The van der Waals surface area contributed by atoms with Crippen molar-refractivity contribution in [2.45, 2.75) is 62.0 Å². The van der Waals surface area contributed by atoms with Crippen molar-refractivity contribution >= 4 is 28.6 Å². The number of hydrogen-bond acceptors (Lipinski definition) is 6. The van der Waals surface area contributed by atoms with Gasteiger partial charge in [0.05, 0.1) is 6.42 Å². The average Bonchev–Trinajstić information content (AvgIpc) is 3.84. The van der Waals surface area contributed by atoms with Crippen molar-refractivity contribution in [1.82, 2.24) is 25.3 Å². The first kappa shape index (κ1) is 48.7. The number of nitrogens with zero attached hydrogens (tertiary/aromatic N) is 3. The van der Waals surface area contributed by atoms with Crippen molar-refractivity contribution in [3.8, 4) is 22.3 Å². The van der Waals surface area contributed by atoms with Gasteiger partial charge in [0.1, 0.15) is 17.4 Å². The minimum absolute atomic E-state index is 0.130. The SMILES string of the molecule is O=C(Cc1ccc2ccccc2c1)N1CCN(CCCCC2(C(=O)NCC(F)(F)F)c3ccccc3-c3ccccc32)CC1.O=C(O)C1(CCCCN2CCNCC2)c2ccccc2-c2ccccc21. The van der Waals surface area contributed by atoms with E-state index in [-0.39, 0.29) is 5.91 Å². The molecule has 0 aromatic heterocycles. The Morgan fingerprint density at radius 3 is 1.53 bits per heavy atom. The third-order valence-electron chi connectivity index (χ3n) is 15.0. The smallest absolute Gasteiger partial charge is 0.405 e. The summed E-state index contributed by atoms with van der Waals surface area (Å²) in [6.07, 6.45) is 0.377. The van der Waals surface area contributed by atoms with E-state index in [1.165, 1.54) is 0 Å². The number of fused-ring (bicyclic) bond motifs is 7. The van der Waals surface area contributed by atoms with Gasteiger partial charge in [0.15, 0.2) is 0 Å². The van der Waals surface area contributed by atoms with Crippen molar-refractivity contribution in [3.05, 3.63) is 167 Å². The molecule has 4 aliphatic rings. The molecule has 6 aromatic rings. The van der Waals surface area contributed by atoms with Gasteiger partial charge in [0.2, 0.25) is 11.8 Å². The van der Waals surface area contributed by atoms with Crippen LogP contribution in [-0.4, -0.2) is 116 Å². The number of aliphatic carboxylic acids is 1. The van der Waals surface area contributed by atoms with Gasteiger partial charge in [0, 0.05) is 52.4 Å². The number of carbonyl (C=O) groups excluding carboxylic acids is 2. The van der Waals surface area contributed by atoms with Gasteiger partial charge in [-0.15, -0.1) is 0 Å². The highest BCUT2D eigenvalue weighted by molar-refractivity contribution is 6.01. The molecule has 70 heavy (non-hydrogen) atoms. The Labute approximate surface area is 408 Å². The highest BCUT2D eigenvalue weighted by Gasteiger charge is 2.50. The van der Waals surface area contributed by atoms with Crippen molar-refractivity contribution in [1.29, 1.82) is 0 Å². The Morgan fingerprint density at radius 2 is 1.01 bits per heavy atom. The van der Waals surface area contributed by atoms with Crippen LogP contribution in [-0.2, 0) is 31.6 Å². The van der Waals surface area contributed by atoms with Crippen LogP contribution in [0.4, 0.5) is 13.2 Å². The fourth-order valence-electron chi connectivity index (χ4n) is 11.5. The van der Waals surface area contributed by atoms with E-state index in [1.807, 2.05) is 108 Å². The third-order valence-corrected chi connectivity index (χ3v) is 15.0. The standard InChI is InChI=1S/C36H36F3N3O2.C22H26N2O2/c37-36(38,39)25-40-34(44)35(31-13-5-3-11-29(31)30-12-4-6-14-32(30)35)17-7-8-18-41-19-21-42(22-20-41)33(43)24-26-15-16-27-9-1-2-10-28(27)23-26;25-21(26)22(11-5-6-14-24-15-12-23-13-16-24)19-9-3-1-7-17(19)18-8-2-4-10-20(18)22/h1-6,9-16,23H,7-8,17-22,24-25H2,(H,40,44);1-4,7-10,23H,5-6,11-16H2,(H,25,26). The molecule has 0 radical (unpaired) electrons. The van der Waals surface area contributed by atoms with E-state index in [1.54, 1.807) is 0 Å². The number of carbonyl (C=O) groups is 3. The number of piperazine rings is 2. The molecule has 0 saturated carbocycles. The number of carboxylic acid groups (broad SMARTS) is 1. The molecule has 2 fully saturated rings. The van der Waals surface area contributed by atoms with Crippen molar-refractivity contribution in [3.63, 3.8) is 0 Å². The van der Waals surface area contributed by atoms with Crippen LogP contribution in [0.5, 0.6) is 0 Å². The lowest BCUT2D eigenvalue weighted by atomic mass is 9.73. The summed E-state index contributed by atoms with van der Waals surface area (Å²) in [5, 5.41) is 18.2. The predicted octanol–water partition coefficient (Wildman–Crippen LogP) is 9.46. The van der Waals surface area contributed by atoms with Crippen LogP contribution < -0.4 is 10.6 Å². The molecule has 0 spiro atoms. The number of rotatable bonds is 15. The molecule has 2 aliphatic carbocycles. The van der Waals surface area contributed by atoms with Crippen molar-refractivity contribution in [2.24, 2.45) is 0 Å². The van der Waals surface area contributed by atoms with E-state index >= 15 is 0 Å². The summed E-state index contributed by atoms with van der Waals surface area (Å²) in [5.41, 5.74) is 6.32. The fraction of sp³-hybridized carbons (Fsp3) is 0.362. The second-order valence-electron chi connectivity index (χ2n) is 19.2. The number of amides is 2. The molecule has 12 heteroatoms. The summed E-state index contributed by atoms with van der Waals surface area (Å²) < 4.78 is 39.4. The lowest BCUT2D eigenvalue weighted by molar-refractivity contribution is -0.142. The molecule has 10 rings (SSSR count). The average molecular weight is 950 g/mol. The molecule has 2 aliphatic heterocycles. The summed E-state index contributed by atoms with van der Waals surface area (Å²) in [5.74, 6) is -1.20. The maximum atomic E-state index is 13.7. The number of nitrogens with one attached hydrogen (secondary N) is 2. The van der Waals surface area contributed by atoms with E-state index in [4.69, 9.17) is 0 Å². The van der Waals surface area contributed by atoms with Crippen LogP contribution in [0.3, 0.4) is 0 Å². The van der Waals surface area contributed by atoms with Crippen LogP contribution in [0.15, 0.2) is 140 Å². The highest BCUT2D eigenvalue weighted by atomic mass is 19.4. The van der Waals surface area contributed by atoms with Crippen LogP contribution in [0.25, 0.3) is 33.0 Å². The Kier molecular flexibility index (Phi) is 14.8. The van der Waals surface area contributed by atoms with Crippen LogP contribution in [0, 0.1) is 0 Å². The van der Waals surface area contributed by atoms with Gasteiger partial charge >= 0.3 is 12.1 Å². The first-order chi connectivity index (χ1) is 34.0. The highest BCUT2D eigenvalue weighted by Crippen LogP contribution is 2.53. The molecule has 364 valence electrons. The maximum Gasteiger partial charge on any atom is 0.405 e. The van der Waals surface area contributed by atoms with E-state index < -0.39 is 35.4 Å². The van der Waals surface area contributed by atoms with Gasteiger partial charge in [-0.1, -0.05) is 152 Å². The molecule has 6 aromatic carbocycles. The summed E-state index contributed by atoms with van der Waals surface area (Å²) in [7, 11) is 0. The fourth-order valence-corrected chi connectivity index (χ4v) is 11.5. The quantitative estimate of drug-likeness (QED) is 0.0882. The number of carboxylic acids is 1.